The first-order valence-corrected chi connectivity index (χ1v) is 11.4. The number of aliphatic hydroxyl groups is 1. The highest BCUT2D eigenvalue weighted by molar-refractivity contribution is 7.85. The normalized spacial score (nSPS) is 12.0. The zero-order valence-electron chi connectivity index (χ0n) is 15.9. The smallest absolute Gasteiger partial charge is 0.346 e. The van der Waals surface area contributed by atoms with Crippen molar-refractivity contribution in [2.45, 2.75) is 11.8 Å². The molecule has 0 radical (unpaired) electrons. The van der Waals surface area contributed by atoms with E-state index in [1.165, 1.54) is 18.2 Å². The number of rotatable bonds is 6. The van der Waals surface area contributed by atoms with Crippen molar-refractivity contribution in [2.75, 3.05) is 24.6 Å². The van der Waals surface area contributed by atoms with Crippen LogP contribution in [0.3, 0.4) is 0 Å². The van der Waals surface area contributed by atoms with Crippen LogP contribution in [-0.4, -0.2) is 42.8 Å². The molecule has 0 bridgehead atoms. The van der Waals surface area contributed by atoms with E-state index in [1.807, 2.05) is 24.0 Å². The lowest BCUT2D eigenvalue weighted by Crippen LogP contribution is -2.26. The molecule has 4 aromatic rings. The number of fused-ring (bicyclic) bond motifs is 2. The van der Waals surface area contributed by atoms with E-state index in [4.69, 9.17) is 4.42 Å². The quantitative estimate of drug-likeness (QED) is 0.342. The Morgan fingerprint density at radius 2 is 1.97 bits per heavy atom. The number of nitrogens with zero attached hydrogens (tertiary/aromatic N) is 2. The summed E-state index contributed by atoms with van der Waals surface area (Å²) < 4.78 is 38.0. The Labute approximate surface area is 175 Å². The standard InChI is InChI=1S/C20H18N2O6S2/c1-2-22(7-8-23)13-4-3-12-9-15(20(24)28-17(12)10-13)19-21-16-6-5-14(30(25,26)27)11-18(16)29-19/h3-6,9-11,23H,2,7-8H2,1H3,(H,25,26,27). The number of aliphatic hydroxyl groups excluding tert-OH is 1. The maximum atomic E-state index is 12.6. The molecule has 10 heteroatoms. The Bertz CT molecular complexity index is 1410. The molecular formula is C20H18N2O6S2. The van der Waals surface area contributed by atoms with Crippen molar-refractivity contribution in [3.63, 3.8) is 0 Å². The van der Waals surface area contributed by atoms with Gasteiger partial charge in [0.1, 0.15) is 10.6 Å². The Balaban J connectivity index is 1.79. The molecule has 0 aliphatic carbocycles. The molecule has 2 heterocycles. The van der Waals surface area contributed by atoms with E-state index in [0.29, 0.717) is 39.3 Å². The summed E-state index contributed by atoms with van der Waals surface area (Å²) in [6.07, 6.45) is 0. The molecular weight excluding hydrogens is 428 g/mol. The molecule has 2 aromatic heterocycles. The number of likely N-dealkylation sites (N-methyl/N-ethyl adjacent to an activating group) is 1. The van der Waals surface area contributed by atoms with Crippen LogP contribution < -0.4 is 10.5 Å². The zero-order valence-corrected chi connectivity index (χ0v) is 17.5. The fourth-order valence-electron chi connectivity index (χ4n) is 3.22. The van der Waals surface area contributed by atoms with E-state index in [9.17, 15) is 22.9 Å². The van der Waals surface area contributed by atoms with Gasteiger partial charge in [-0.3, -0.25) is 4.55 Å². The maximum absolute atomic E-state index is 12.6. The van der Waals surface area contributed by atoms with Gasteiger partial charge in [-0.05, 0) is 43.3 Å². The minimum Gasteiger partial charge on any atom is -0.422 e. The lowest BCUT2D eigenvalue weighted by molar-refractivity contribution is 0.302. The van der Waals surface area contributed by atoms with Crippen LogP contribution in [0.2, 0.25) is 0 Å². The second-order valence-corrected chi connectivity index (χ2v) is 9.05. The third-order valence-corrected chi connectivity index (χ3v) is 6.63. The summed E-state index contributed by atoms with van der Waals surface area (Å²) in [6, 6.07) is 11.2. The number of hydrogen-bond donors (Lipinski definition) is 2. The molecule has 4 rings (SSSR count). The number of thiazole rings is 1. The average Bonchev–Trinajstić information content (AvgIpc) is 3.13. The predicted octanol–water partition coefficient (Wildman–Crippen LogP) is 3.14. The van der Waals surface area contributed by atoms with Gasteiger partial charge in [-0.25, -0.2) is 9.78 Å². The minimum atomic E-state index is -4.33. The van der Waals surface area contributed by atoms with Crippen molar-refractivity contribution >= 4 is 48.3 Å². The van der Waals surface area contributed by atoms with Crippen molar-refractivity contribution in [3.8, 4) is 10.6 Å². The zero-order chi connectivity index (χ0) is 21.5. The Morgan fingerprint density at radius 1 is 1.17 bits per heavy atom. The van der Waals surface area contributed by atoms with Gasteiger partial charge in [0.05, 0.1) is 27.3 Å². The number of benzene rings is 2. The van der Waals surface area contributed by atoms with Crippen molar-refractivity contribution in [2.24, 2.45) is 0 Å². The molecule has 0 fully saturated rings. The fourth-order valence-corrected chi connectivity index (χ4v) is 4.81. The summed E-state index contributed by atoms with van der Waals surface area (Å²) in [6.45, 7) is 3.17. The third-order valence-electron chi connectivity index (χ3n) is 4.72. The molecule has 0 saturated heterocycles. The first-order valence-electron chi connectivity index (χ1n) is 9.12. The molecule has 8 nitrogen and oxygen atoms in total. The largest absolute Gasteiger partial charge is 0.422 e. The SMILES string of the molecule is CCN(CCO)c1ccc2cc(-c3nc4ccc(S(=O)(=O)O)cc4s3)c(=O)oc2c1. The van der Waals surface area contributed by atoms with Crippen molar-refractivity contribution in [3.05, 3.63) is 52.9 Å². The minimum absolute atomic E-state index is 0.0195. The lowest BCUT2D eigenvalue weighted by Gasteiger charge is -2.22. The first-order chi connectivity index (χ1) is 14.3. The van der Waals surface area contributed by atoms with Gasteiger partial charge in [0.25, 0.3) is 10.1 Å². The number of hydrogen-bond acceptors (Lipinski definition) is 8. The first kappa shape index (κ1) is 20.5. The summed E-state index contributed by atoms with van der Waals surface area (Å²) in [5, 5.41) is 10.3. The van der Waals surface area contributed by atoms with Crippen LogP contribution in [0.5, 0.6) is 0 Å². The Morgan fingerprint density at radius 3 is 2.67 bits per heavy atom. The topological polar surface area (TPSA) is 121 Å². The van der Waals surface area contributed by atoms with E-state index in [0.717, 1.165) is 17.0 Å². The molecule has 0 aliphatic rings. The maximum Gasteiger partial charge on any atom is 0.346 e. The van der Waals surface area contributed by atoms with Gasteiger partial charge in [-0.1, -0.05) is 0 Å². The second kappa shape index (κ2) is 7.80. The number of aromatic nitrogens is 1. The van der Waals surface area contributed by atoms with Gasteiger partial charge in [0.15, 0.2) is 0 Å². The molecule has 2 aromatic carbocycles. The Kier molecular flexibility index (Phi) is 5.33. The van der Waals surface area contributed by atoms with E-state index in [1.54, 1.807) is 12.1 Å². The fraction of sp³-hybridized carbons (Fsp3) is 0.200. The van der Waals surface area contributed by atoms with Gasteiger partial charge in [-0.2, -0.15) is 8.42 Å². The molecule has 0 amide bonds. The summed E-state index contributed by atoms with van der Waals surface area (Å²) in [4.78, 5) is 18.8. The molecule has 2 N–H and O–H groups in total. The molecule has 0 atom stereocenters. The highest BCUT2D eigenvalue weighted by Crippen LogP contribution is 2.32. The molecule has 0 unspecified atom stereocenters. The molecule has 0 aliphatic heterocycles. The number of anilines is 1. The summed E-state index contributed by atoms with van der Waals surface area (Å²) in [5.41, 5.74) is 1.49. The summed E-state index contributed by atoms with van der Waals surface area (Å²) in [7, 11) is -4.33. The van der Waals surface area contributed by atoms with Crippen LogP contribution in [-0.2, 0) is 10.1 Å². The van der Waals surface area contributed by atoms with Crippen molar-refractivity contribution in [1.82, 2.24) is 4.98 Å². The van der Waals surface area contributed by atoms with Crippen molar-refractivity contribution in [1.29, 1.82) is 0 Å². The van der Waals surface area contributed by atoms with Crippen LogP contribution >= 0.6 is 11.3 Å². The molecule has 156 valence electrons. The van der Waals surface area contributed by atoms with Crippen molar-refractivity contribution < 1.29 is 22.5 Å². The lowest BCUT2D eigenvalue weighted by atomic mass is 10.1. The molecule has 30 heavy (non-hydrogen) atoms. The van der Waals surface area contributed by atoms with Crippen LogP contribution in [0, 0.1) is 0 Å². The third kappa shape index (κ3) is 3.82. The Hall–Kier alpha value is -2.79. The average molecular weight is 447 g/mol. The second-order valence-electron chi connectivity index (χ2n) is 6.60. The monoisotopic (exact) mass is 446 g/mol. The summed E-state index contributed by atoms with van der Waals surface area (Å²) >= 11 is 1.14. The van der Waals surface area contributed by atoms with E-state index >= 15 is 0 Å². The highest BCUT2D eigenvalue weighted by Gasteiger charge is 2.16. The van der Waals surface area contributed by atoms with Gasteiger partial charge in [0, 0.05) is 30.2 Å². The predicted molar refractivity (Wildman–Crippen MR) is 116 cm³/mol. The molecule has 0 saturated carbocycles. The van der Waals surface area contributed by atoms with Crippen LogP contribution in [0.15, 0.2) is 56.6 Å². The van der Waals surface area contributed by atoms with Crippen LogP contribution in [0.1, 0.15) is 6.92 Å². The summed E-state index contributed by atoms with van der Waals surface area (Å²) in [5.74, 6) is 0. The van der Waals surface area contributed by atoms with Gasteiger partial charge in [-0.15, -0.1) is 11.3 Å². The van der Waals surface area contributed by atoms with Crippen LogP contribution in [0.4, 0.5) is 5.69 Å². The van der Waals surface area contributed by atoms with E-state index < -0.39 is 15.7 Å². The van der Waals surface area contributed by atoms with Gasteiger partial charge in [0.2, 0.25) is 0 Å². The van der Waals surface area contributed by atoms with Crippen LogP contribution in [0.25, 0.3) is 31.8 Å². The van der Waals surface area contributed by atoms with Gasteiger partial charge < -0.3 is 14.4 Å². The van der Waals surface area contributed by atoms with Gasteiger partial charge >= 0.3 is 5.63 Å². The van der Waals surface area contributed by atoms with E-state index in [-0.39, 0.29) is 17.1 Å². The highest BCUT2D eigenvalue weighted by atomic mass is 32.2. The molecule has 0 spiro atoms. The van der Waals surface area contributed by atoms with E-state index in [2.05, 4.69) is 4.98 Å².